The van der Waals surface area contributed by atoms with Crippen molar-refractivity contribution in [2.45, 2.75) is 25.9 Å². The van der Waals surface area contributed by atoms with Crippen LogP contribution in [0.4, 0.5) is 11.4 Å². The van der Waals surface area contributed by atoms with Crippen LogP contribution in [0.5, 0.6) is 0 Å². The van der Waals surface area contributed by atoms with Crippen LogP contribution in [-0.4, -0.2) is 31.8 Å². The van der Waals surface area contributed by atoms with Crippen molar-refractivity contribution in [3.63, 3.8) is 0 Å². The van der Waals surface area contributed by atoms with Gasteiger partial charge in [-0.15, -0.1) is 5.10 Å². The predicted molar refractivity (Wildman–Crippen MR) is 86.5 cm³/mol. The van der Waals surface area contributed by atoms with Crippen LogP contribution in [0.3, 0.4) is 0 Å². The summed E-state index contributed by atoms with van der Waals surface area (Å²) in [4.78, 5) is 26.4. The van der Waals surface area contributed by atoms with E-state index < -0.39 is 4.92 Å². The number of thioether (sulfide) groups is 1. The van der Waals surface area contributed by atoms with Gasteiger partial charge in [-0.05, 0) is 32.4 Å². The molecule has 0 saturated carbocycles. The summed E-state index contributed by atoms with van der Waals surface area (Å²) >= 11 is 1.18. The average molecular weight is 333 g/mol. The number of nitrogens with zero attached hydrogens (tertiary/aromatic N) is 4. The first kappa shape index (κ1) is 16.8. The molecule has 0 atom stereocenters. The van der Waals surface area contributed by atoms with Crippen LogP contribution >= 0.6 is 11.8 Å². The molecular formula is C14H15N5O3S. The molecule has 0 aliphatic rings. The SMILES string of the molecule is Cc1cc([N+](=O)[O-])ccc1NC(=O)CSc1nnc(C)c(C)n1. The molecule has 0 spiro atoms. The molecule has 0 bridgehead atoms. The molecule has 2 rings (SSSR count). The number of nitrogens with one attached hydrogen (secondary N) is 1. The van der Waals surface area contributed by atoms with Crippen molar-refractivity contribution in [2.24, 2.45) is 0 Å². The molecule has 0 aliphatic heterocycles. The number of hydrogen-bond acceptors (Lipinski definition) is 7. The van der Waals surface area contributed by atoms with E-state index >= 15 is 0 Å². The van der Waals surface area contributed by atoms with Gasteiger partial charge in [0, 0.05) is 17.8 Å². The Bertz CT molecular complexity index is 766. The minimum atomic E-state index is -0.474. The first-order valence-electron chi connectivity index (χ1n) is 6.72. The molecule has 120 valence electrons. The lowest BCUT2D eigenvalue weighted by Gasteiger charge is -2.08. The highest BCUT2D eigenvalue weighted by atomic mass is 32.2. The maximum absolute atomic E-state index is 12.0. The van der Waals surface area contributed by atoms with Crippen molar-refractivity contribution in [1.29, 1.82) is 0 Å². The van der Waals surface area contributed by atoms with Crippen molar-refractivity contribution >= 4 is 29.0 Å². The van der Waals surface area contributed by atoms with Gasteiger partial charge < -0.3 is 5.32 Å². The van der Waals surface area contributed by atoms with Crippen molar-refractivity contribution < 1.29 is 9.72 Å². The second kappa shape index (κ2) is 7.14. The van der Waals surface area contributed by atoms with Crippen LogP contribution in [-0.2, 0) is 4.79 Å². The molecule has 1 aromatic carbocycles. The molecule has 8 nitrogen and oxygen atoms in total. The van der Waals surface area contributed by atoms with Gasteiger partial charge in [0.1, 0.15) is 0 Å². The first-order valence-corrected chi connectivity index (χ1v) is 7.71. The second-order valence-corrected chi connectivity index (χ2v) is 5.80. The van der Waals surface area contributed by atoms with Gasteiger partial charge in [-0.1, -0.05) is 11.8 Å². The largest absolute Gasteiger partial charge is 0.325 e. The van der Waals surface area contributed by atoms with Gasteiger partial charge >= 0.3 is 0 Å². The molecule has 1 aromatic heterocycles. The number of benzene rings is 1. The topological polar surface area (TPSA) is 111 Å². The summed E-state index contributed by atoms with van der Waals surface area (Å²) in [5.41, 5.74) is 2.68. The normalized spacial score (nSPS) is 10.4. The summed E-state index contributed by atoms with van der Waals surface area (Å²) in [5.74, 6) is -0.116. The molecule has 0 aliphatic carbocycles. The minimum Gasteiger partial charge on any atom is -0.325 e. The monoisotopic (exact) mass is 333 g/mol. The fourth-order valence-electron chi connectivity index (χ4n) is 1.72. The van der Waals surface area contributed by atoms with Crippen LogP contribution in [0.1, 0.15) is 17.0 Å². The lowest BCUT2D eigenvalue weighted by atomic mass is 10.2. The number of nitro benzene ring substituents is 1. The average Bonchev–Trinajstić information content (AvgIpc) is 2.50. The highest BCUT2D eigenvalue weighted by molar-refractivity contribution is 7.99. The molecule has 2 aromatic rings. The zero-order valence-corrected chi connectivity index (χ0v) is 13.7. The standard InChI is InChI=1S/C14H15N5O3S/c1-8-6-11(19(21)22)4-5-12(8)16-13(20)7-23-14-15-9(2)10(3)17-18-14/h4-6H,7H2,1-3H3,(H,16,20). The molecule has 9 heteroatoms. The Morgan fingerprint density at radius 3 is 2.61 bits per heavy atom. The van der Waals surface area contributed by atoms with Crippen LogP contribution in [0.2, 0.25) is 0 Å². The molecule has 1 amide bonds. The Labute approximate surface area is 136 Å². The molecule has 0 fully saturated rings. The maximum atomic E-state index is 12.0. The number of nitro groups is 1. The van der Waals surface area contributed by atoms with E-state index in [1.54, 1.807) is 6.92 Å². The van der Waals surface area contributed by atoms with Gasteiger partial charge in [0.2, 0.25) is 11.1 Å². The van der Waals surface area contributed by atoms with Crippen molar-refractivity contribution in [1.82, 2.24) is 15.2 Å². The van der Waals surface area contributed by atoms with E-state index in [0.717, 1.165) is 11.4 Å². The Morgan fingerprint density at radius 1 is 1.26 bits per heavy atom. The van der Waals surface area contributed by atoms with E-state index in [0.29, 0.717) is 16.4 Å². The highest BCUT2D eigenvalue weighted by Crippen LogP contribution is 2.21. The summed E-state index contributed by atoms with van der Waals surface area (Å²) in [6.07, 6.45) is 0. The number of anilines is 1. The predicted octanol–water partition coefficient (Wildman–Crippen LogP) is 2.44. The number of carbonyl (C=O) groups is 1. The Hall–Kier alpha value is -2.55. The van der Waals surface area contributed by atoms with E-state index in [2.05, 4.69) is 20.5 Å². The molecule has 23 heavy (non-hydrogen) atoms. The van der Waals surface area contributed by atoms with E-state index in [1.165, 1.54) is 30.0 Å². The number of amides is 1. The fourth-order valence-corrected chi connectivity index (χ4v) is 2.35. The summed E-state index contributed by atoms with van der Waals surface area (Å²) in [5, 5.41) is 21.7. The molecular weight excluding hydrogens is 318 g/mol. The molecule has 0 radical (unpaired) electrons. The number of rotatable bonds is 5. The van der Waals surface area contributed by atoms with Crippen molar-refractivity contribution in [3.05, 3.63) is 45.3 Å². The van der Waals surface area contributed by atoms with Crippen LogP contribution in [0.15, 0.2) is 23.4 Å². The maximum Gasteiger partial charge on any atom is 0.269 e. The van der Waals surface area contributed by atoms with Crippen molar-refractivity contribution in [2.75, 3.05) is 11.1 Å². The van der Waals surface area contributed by atoms with Gasteiger partial charge in [0.15, 0.2) is 0 Å². The third-order valence-corrected chi connectivity index (χ3v) is 3.94. The van der Waals surface area contributed by atoms with Gasteiger partial charge in [-0.2, -0.15) is 5.10 Å². The third-order valence-electron chi connectivity index (χ3n) is 3.10. The Morgan fingerprint density at radius 2 is 2.00 bits per heavy atom. The minimum absolute atomic E-state index is 0.00974. The molecule has 1 N–H and O–H groups in total. The van der Waals surface area contributed by atoms with Gasteiger partial charge in [-0.3, -0.25) is 14.9 Å². The Kier molecular flexibility index (Phi) is 5.22. The zero-order valence-electron chi connectivity index (χ0n) is 12.9. The quantitative estimate of drug-likeness (QED) is 0.508. The van der Waals surface area contributed by atoms with Crippen LogP contribution in [0, 0.1) is 30.9 Å². The number of aryl methyl sites for hydroxylation is 3. The van der Waals surface area contributed by atoms with Gasteiger partial charge in [0.25, 0.3) is 5.69 Å². The first-order chi connectivity index (χ1) is 10.9. The summed E-state index contributed by atoms with van der Waals surface area (Å²) in [6.45, 7) is 5.34. The van der Waals surface area contributed by atoms with Gasteiger partial charge in [-0.25, -0.2) is 4.98 Å². The van der Waals surface area contributed by atoms with E-state index in [4.69, 9.17) is 0 Å². The lowest BCUT2D eigenvalue weighted by Crippen LogP contribution is -2.15. The van der Waals surface area contributed by atoms with Crippen molar-refractivity contribution in [3.8, 4) is 0 Å². The van der Waals surface area contributed by atoms with E-state index in [1.807, 2.05) is 13.8 Å². The number of aromatic nitrogens is 3. The summed E-state index contributed by atoms with van der Waals surface area (Å²) in [6, 6.07) is 4.29. The number of hydrogen-bond donors (Lipinski definition) is 1. The van der Waals surface area contributed by atoms with Gasteiger partial charge in [0.05, 0.1) is 22.1 Å². The number of non-ortho nitro benzene ring substituents is 1. The Balaban J connectivity index is 1.97. The smallest absolute Gasteiger partial charge is 0.269 e. The fraction of sp³-hybridized carbons (Fsp3) is 0.286. The van der Waals surface area contributed by atoms with E-state index in [9.17, 15) is 14.9 Å². The van der Waals surface area contributed by atoms with E-state index in [-0.39, 0.29) is 17.3 Å². The lowest BCUT2D eigenvalue weighted by molar-refractivity contribution is -0.384. The van der Waals surface area contributed by atoms with Crippen LogP contribution < -0.4 is 5.32 Å². The summed E-state index contributed by atoms with van der Waals surface area (Å²) in [7, 11) is 0. The third kappa shape index (κ3) is 4.46. The number of carbonyl (C=O) groups excluding carboxylic acids is 1. The molecule has 0 saturated heterocycles. The summed E-state index contributed by atoms with van der Waals surface area (Å²) < 4.78 is 0. The molecule has 1 heterocycles. The molecule has 0 unspecified atom stereocenters. The van der Waals surface area contributed by atoms with Crippen LogP contribution in [0.25, 0.3) is 0 Å². The zero-order chi connectivity index (χ0) is 17.0. The highest BCUT2D eigenvalue weighted by Gasteiger charge is 2.11. The second-order valence-electron chi connectivity index (χ2n) is 4.86.